The van der Waals surface area contributed by atoms with Gasteiger partial charge in [0, 0.05) is 6.04 Å². The summed E-state index contributed by atoms with van der Waals surface area (Å²) in [5, 5.41) is 8.94. The van der Waals surface area contributed by atoms with Gasteiger partial charge in [0.1, 0.15) is 5.54 Å². The van der Waals surface area contributed by atoms with Gasteiger partial charge in [-0.05, 0) is 26.7 Å². The van der Waals surface area contributed by atoms with E-state index in [2.05, 4.69) is 6.07 Å². The van der Waals surface area contributed by atoms with E-state index in [4.69, 9.17) is 11.0 Å². The SMILES string of the molecule is CC(C)N(CC(N)=O)C1(C#N)CC1. The van der Waals surface area contributed by atoms with Crippen LogP contribution in [-0.4, -0.2) is 28.9 Å². The lowest BCUT2D eigenvalue weighted by Gasteiger charge is -2.29. The fraction of sp³-hybridized carbons (Fsp3) is 0.778. The molecule has 4 heteroatoms. The molecule has 0 saturated heterocycles. The van der Waals surface area contributed by atoms with Gasteiger partial charge in [-0.25, -0.2) is 0 Å². The lowest BCUT2D eigenvalue weighted by Crippen LogP contribution is -2.46. The van der Waals surface area contributed by atoms with E-state index in [9.17, 15) is 4.79 Å². The first-order chi connectivity index (χ1) is 6.02. The first-order valence-electron chi connectivity index (χ1n) is 4.48. The van der Waals surface area contributed by atoms with Crippen molar-refractivity contribution < 1.29 is 4.79 Å². The Morgan fingerprint density at radius 2 is 2.23 bits per heavy atom. The highest BCUT2D eigenvalue weighted by Crippen LogP contribution is 2.41. The molecule has 0 aliphatic heterocycles. The van der Waals surface area contributed by atoms with Crippen LogP contribution in [0.15, 0.2) is 0 Å². The molecule has 13 heavy (non-hydrogen) atoms. The second-order valence-corrected chi connectivity index (χ2v) is 3.83. The number of carbonyl (C=O) groups excluding carboxylic acids is 1. The minimum atomic E-state index is -0.400. The molecular formula is C9H15N3O. The van der Waals surface area contributed by atoms with Crippen molar-refractivity contribution in [3.05, 3.63) is 0 Å². The van der Waals surface area contributed by atoms with Gasteiger partial charge >= 0.3 is 0 Å². The van der Waals surface area contributed by atoms with Crippen LogP contribution in [0.3, 0.4) is 0 Å². The van der Waals surface area contributed by atoms with Gasteiger partial charge in [0.2, 0.25) is 5.91 Å². The average Bonchev–Trinajstić information content (AvgIpc) is 2.80. The van der Waals surface area contributed by atoms with Gasteiger partial charge in [0.15, 0.2) is 0 Å². The quantitative estimate of drug-likeness (QED) is 0.675. The lowest BCUT2D eigenvalue weighted by atomic mass is 10.2. The normalized spacial score (nSPS) is 18.7. The van der Waals surface area contributed by atoms with Crippen LogP contribution in [0.4, 0.5) is 0 Å². The highest BCUT2D eigenvalue weighted by atomic mass is 16.1. The molecule has 0 bridgehead atoms. The predicted octanol–water partition coefficient (Wildman–Crippen LogP) is 0.238. The summed E-state index contributed by atoms with van der Waals surface area (Å²) in [6.07, 6.45) is 1.71. The largest absolute Gasteiger partial charge is 0.369 e. The Morgan fingerprint density at radius 3 is 2.46 bits per heavy atom. The van der Waals surface area contributed by atoms with Gasteiger partial charge in [0.05, 0.1) is 12.6 Å². The Labute approximate surface area is 78.3 Å². The molecule has 4 nitrogen and oxygen atoms in total. The Bertz CT molecular complexity index is 250. The summed E-state index contributed by atoms with van der Waals surface area (Å²) in [7, 11) is 0. The van der Waals surface area contributed by atoms with E-state index < -0.39 is 5.54 Å². The zero-order chi connectivity index (χ0) is 10.1. The van der Waals surface area contributed by atoms with Crippen molar-refractivity contribution in [2.24, 2.45) is 5.73 Å². The van der Waals surface area contributed by atoms with Crippen LogP contribution >= 0.6 is 0 Å². The van der Waals surface area contributed by atoms with Crippen molar-refractivity contribution >= 4 is 5.91 Å². The lowest BCUT2D eigenvalue weighted by molar-refractivity contribution is -0.120. The van der Waals surface area contributed by atoms with Crippen molar-refractivity contribution in [1.29, 1.82) is 5.26 Å². The van der Waals surface area contributed by atoms with Crippen molar-refractivity contribution in [1.82, 2.24) is 4.90 Å². The van der Waals surface area contributed by atoms with E-state index in [-0.39, 0.29) is 18.5 Å². The Hall–Kier alpha value is -1.08. The number of amides is 1. The molecule has 0 aromatic heterocycles. The summed E-state index contributed by atoms with van der Waals surface area (Å²) in [5.74, 6) is -0.366. The number of hydrogen-bond donors (Lipinski definition) is 1. The molecule has 2 N–H and O–H groups in total. The average molecular weight is 181 g/mol. The minimum Gasteiger partial charge on any atom is -0.369 e. The molecule has 0 aromatic carbocycles. The van der Waals surface area contributed by atoms with E-state index in [1.807, 2.05) is 18.7 Å². The molecule has 1 saturated carbocycles. The zero-order valence-corrected chi connectivity index (χ0v) is 8.08. The molecule has 0 unspecified atom stereocenters. The summed E-state index contributed by atoms with van der Waals surface area (Å²) in [6.45, 7) is 4.13. The molecule has 72 valence electrons. The highest BCUT2D eigenvalue weighted by Gasteiger charge is 2.49. The molecule has 0 spiro atoms. The smallest absolute Gasteiger partial charge is 0.231 e. The third-order valence-corrected chi connectivity index (χ3v) is 2.43. The fourth-order valence-electron chi connectivity index (χ4n) is 1.58. The molecule has 1 aliphatic rings. The molecule has 0 aromatic rings. The van der Waals surface area contributed by atoms with Crippen molar-refractivity contribution in [3.8, 4) is 6.07 Å². The molecular weight excluding hydrogens is 166 g/mol. The maximum Gasteiger partial charge on any atom is 0.231 e. The first-order valence-corrected chi connectivity index (χ1v) is 4.48. The number of nitrogens with two attached hydrogens (primary N) is 1. The van der Waals surface area contributed by atoms with Crippen LogP contribution in [0, 0.1) is 11.3 Å². The van der Waals surface area contributed by atoms with Crippen LogP contribution in [0.5, 0.6) is 0 Å². The maximum absolute atomic E-state index is 10.8. The van der Waals surface area contributed by atoms with E-state index in [1.54, 1.807) is 0 Å². The summed E-state index contributed by atoms with van der Waals surface area (Å²) >= 11 is 0. The van der Waals surface area contributed by atoms with Crippen LogP contribution in [-0.2, 0) is 4.79 Å². The second kappa shape index (κ2) is 3.35. The van der Waals surface area contributed by atoms with Crippen molar-refractivity contribution in [2.75, 3.05) is 6.54 Å². The maximum atomic E-state index is 10.8. The summed E-state index contributed by atoms with van der Waals surface area (Å²) in [5.41, 5.74) is 4.72. The first kappa shape index (κ1) is 10.0. The third-order valence-electron chi connectivity index (χ3n) is 2.43. The van der Waals surface area contributed by atoms with E-state index >= 15 is 0 Å². The van der Waals surface area contributed by atoms with Gasteiger partial charge in [-0.3, -0.25) is 9.69 Å². The number of hydrogen-bond acceptors (Lipinski definition) is 3. The third kappa shape index (κ3) is 1.99. The number of carbonyl (C=O) groups is 1. The van der Waals surface area contributed by atoms with Gasteiger partial charge in [-0.1, -0.05) is 0 Å². The molecule has 0 heterocycles. The zero-order valence-electron chi connectivity index (χ0n) is 8.08. The summed E-state index contributed by atoms with van der Waals surface area (Å²) in [4.78, 5) is 12.7. The number of nitrogens with zero attached hydrogens (tertiary/aromatic N) is 2. The monoisotopic (exact) mass is 181 g/mol. The van der Waals surface area contributed by atoms with Gasteiger partial charge in [0.25, 0.3) is 0 Å². The molecule has 1 fully saturated rings. The van der Waals surface area contributed by atoms with Crippen LogP contribution in [0.1, 0.15) is 26.7 Å². The van der Waals surface area contributed by atoms with Gasteiger partial charge in [-0.2, -0.15) is 5.26 Å². The van der Waals surface area contributed by atoms with Gasteiger partial charge in [-0.15, -0.1) is 0 Å². The highest BCUT2D eigenvalue weighted by molar-refractivity contribution is 5.76. The summed E-state index contributed by atoms with van der Waals surface area (Å²) in [6, 6.07) is 2.45. The standard InChI is InChI=1S/C9H15N3O/c1-7(2)12(5-8(11)13)9(6-10)3-4-9/h7H,3-5H2,1-2H3,(H2,11,13). The number of primary amides is 1. The second-order valence-electron chi connectivity index (χ2n) is 3.83. The van der Waals surface area contributed by atoms with E-state index in [0.29, 0.717) is 0 Å². The molecule has 1 amide bonds. The van der Waals surface area contributed by atoms with Crippen LogP contribution in [0.25, 0.3) is 0 Å². The minimum absolute atomic E-state index is 0.186. The van der Waals surface area contributed by atoms with E-state index in [0.717, 1.165) is 12.8 Å². The Balaban J connectivity index is 2.69. The fourth-order valence-corrected chi connectivity index (χ4v) is 1.58. The predicted molar refractivity (Wildman–Crippen MR) is 48.6 cm³/mol. The number of rotatable bonds is 4. The molecule has 1 aliphatic carbocycles. The molecule has 0 radical (unpaired) electrons. The Kier molecular flexibility index (Phi) is 2.58. The Morgan fingerprint density at radius 1 is 1.69 bits per heavy atom. The van der Waals surface area contributed by atoms with Crippen molar-refractivity contribution in [3.63, 3.8) is 0 Å². The number of nitriles is 1. The molecule has 0 atom stereocenters. The van der Waals surface area contributed by atoms with Gasteiger partial charge < -0.3 is 5.73 Å². The topological polar surface area (TPSA) is 70.1 Å². The summed E-state index contributed by atoms with van der Waals surface area (Å²) < 4.78 is 0. The molecule has 1 rings (SSSR count). The van der Waals surface area contributed by atoms with Crippen LogP contribution in [0.2, 0.25) is 0 Å². The van der Waals surface area contributed by atoms with Crippen LogP contribution < -0.4 is 5.73 Å². The van der Waals surface area contributed by atoms with E-state index in [1.165, 1.54) is 0 Å². The van der Waals surface area contributed by atoms with Crippen molar-refractivity contribution in [2.45, 2.75) is 38.3 Å².